The molecule has 1 rings (SSSR count). The minimum Gasteiger partial charge on any atom is -0.330 e. The van der Waals surface area contributed by atoms with Crippen LogP contribution in [0.3, 0.4) is 0 Å². The standard InChI is InChI=1S/C15H23ClN2O/c1-10-5-6-12(7-13(10)16)18-14(19)11(9-17)8-15(2,3)4/h5-7,11H,8-9,17H2,1-4H3,(H,18,19). The van der Waals surface area contributed by atoms with Gasteiger partial charge in [-0.1, -0.05) is 38.4 Å². The fourth-order valence-electron chi connectivity index (χ4n) is 1.94. The Balaban J connectivity index is 2.74. The van der Waals surface area contributed by atoms with Crippen LogP contribution in [-0.4, -0.2) is 12.5 Å². The van der Waals surface area contributed by atoms with Gasteiger partial charge in [0.25, 0.3) is 0 Å². The van der Waals surface area contributed by atoms with Gasteiger partial charge < -0.3 is 11.1 Å². The first-order valence-corrected chi connectivity index (χ1v) is 6.88. The van der Waals surface area contributed by atoms with Crippen molar-refractivity contribution in [3.05, 3.63) is 28.8 Å². The van der Waals surface area contributed by atoms with E-state index in [1.54, 1.807) is 6.07 Å². The maximum atomic E-state index is 12.2. The van der Waals surface area contributed by atoms with Gasteiger partial charge in [0.2, 0.25) is 5.91 Å². The summed E-state index contributed by atoms with van der Waals surface area (Å²) in [5.41, 5.74) is 7.48. The lowest BCUT2D eigenvalue weighted by molar-refractivity contribution is -0.120. The van der Waals surface area contributed by atoms with Gasteiger partial charge in [-0.2, -0.15) is 0 Å². The molecule has 0 saturated carbocycles. The fourth-order valence-corrected chi connectivity index (χ4v) is 2.12. The Morgan fingerprint density at radius 1 is 1.42 bits per heavy atom. The second-order valence-corrected chi connectivity index (χ2v) is 6.56. The van der Waals surface area contributed by atoms with Crippen LogP contribution in [0, 0.1) is 18.3 Å². The molecule has 1 aromatic carbocycles. The predicted octanol–water partition coefficient (Wildman–Crippen LogP) is 3.60. The predicted molar refractivity (Wildman–Crippen MR) is 81.4 cm³/mol. The Morgan fingerprint density at radius 2 is 2.05 bits per heavy atom. The van der Waals surface area contributed by atoms with E-state index in [2.05, 4.69) is 26.1 Å². The molecule has 1 unspecified atom stereocenters. The molecule has 4 heteroatoms. The molecule has 0 fully saturated rings. The van der Waals surface area contributed by atoms with Gasteiger partial charge in [0.1, 0.15) is 0 Å². The van der Waals surface area contributed by atoms with Crippen molar-refractivity contribution < 1.29 is 4.79 Å². The van der Waals surface area contributed by atoms with E-state index < -0.39 is 0 Å². The van der Waals surface area contributed by atoms with Gasteiger partial charge in [-0.15, -0.1) is 0 Å². The number of anilines is 1. The van der Waals surface area contributed by atoms with Crippen LogP contribution in [0.4, 0.5) is 5.69 Å². The van der Waals surface area contributed by atoms with E-state index in [0.717, 1.165) is 12.0 Å². The van der Waals surface area contributed by atoms with Crippen molar-refractivity contribution in [2.75, 3.05) is 11.9 Å². The summed E-state index contributed by atoms with van der Waals surface area (Å²) in [6, 6.07) is 5.50. The third-order valence-corrected chi connectivity index (χ3v) is 3.36. The van der Waals surface area contributed by atoms with E-state index in [9.17, 15) is 4.79 Å². The number of halogens is 1. The lowest BCUT2D eigenvalue weighted by Gasteiger charge is -2.24. The Morgan fingerprint density at radius 3 is 2.53 bits per heavy atom. The molecule has 0 bridgehead atoms. The Hall–Kier alpha value is -1.06. The third-order valence-electron chi connectivity index (χ3n) is 2.95. The molecular weight excluding hydrogens is 260 g/mol. The first-order valence-electron chi connectivity index (χ1n) is 6.50. The number of benzene rings is 1. The van der Waals surface area contributed by atoms with E-state index >= 15 is 0 Å². The summed E-state index contributed by atoms with van der Waals surface area (Å²) in [6.07, 6.45) is 0.759. The molecule has 0 aliphatic heterocycles. The van der Waals surface area contributed by atoms with Crippen molar-refractivity contribution >= 4 is 23.2 Å². The molecular formula is C15H23ClN2O. The number of hydrogen-bond acceptors (Lipinski definition) is 2. The third kappa shape index (κ3) is 5.21. The molecule has 3 N–H and O–H groups in total. The van der Waals surface area contributed by atoms with E-state index in [0.29, 0.717) is 17.3 Å². The number of carbonyl (C=O) groups excluding carboxylic acids is 1. The molecule has 1 atom stereocenters. The summed E-state index contributed by atoms with van der Waals surface area (Å²) in [7, 11) is 0. The van der Waals surface area contributed by atoms with Crippen LogP contribution in [0.1, 0.15) is 32.8 Å². The summed E-state index contributed by atoms with van der Waals surface area (Å²) < 4.78 is 0. The molecule has 0 spiro atoms. The molecule has 0 heterocycles. The van der Waals surface area contributed by atoms with Crippen LogP contribution in [-0.2, 0) is 4.79 Å². The molecule has 0 radical (unpaired) electrons. The molecule has 0 aromatic heterocycles. The highest BCUT2D eigenvalue weighted by Gasteiger charge is 2.23. The van der Waals surface area contributed by atoms with E-state index in [1.165, 1.54) is 0 Å². The zero-order valence-corrected chi connectivity index (χ0v) is 12.8. The highest BCUT2D eigenvalue weighted by Crippen LogP contribution is 2.25. The van der Waals surface area contributed by atoms with Gasteiger partial charge >= 0.3 is 0 Å². The van der Waals surface area contributed by atoms with Gasteiger partial charge in [0.05, 0.1) is 5.92 Å². The summed E-state index contributed by atoms with van der Waals surface area (Å²) in [5, 5.41) is 3.53. The number of carbonyl (C=O) groups is 1. The summed E-state index contributed by atoms with van der Waals surface area (Å²) >= 11 is 6.04. The van der Waals surface area contributed by atoms with E-state index in [-0.39, 0.29) is 17.2 Å². The fraction of sp³-hybridized carbons (Fsp3) is 0.533. The van der Waals surface area contributed by atoms with Crippen LogP contribution in [0.2, 0.25) is 5.02 Å². The molecule has 0 aliphatic rings. The van der Waals surface area contributed by atoms with Crippen LogP contribution in [0.5, 0.6) is 0 Å². The summed E-state index contributed by atoms with van der Waals surface area (Å²) in [4.78, 5) is 12.2. The minimum absolute atomic E-state index is 0.0441. The van der Waals surface area contributed by atoms with Crippen LogP contribution < -0.4 is 11.1 Å². The van der Waals surface area contributed by atoms with Crippen molar-refractivity contribution in [3.8, 4) is 0 Å². The summed E-state index contributed by atoms with van der Waals surface area (Å²) in [5.74, 6) is -0.225. The topological polar surface area (TPSA) is 55.1 Å². The Kier molecular flexibility index (Phi) is 5.39. The van der Waals surface area contributed by atoms with Crippen molar-refractivity contribution in [1.82, 2.24) is 0 Å². The van der Waals surface area contributed by atoms with E-state index in [4.69, 9.17) is 17.3 Å². The van der Waals surface area contributed by atoms with Crippen LogP contribution >= 0.6 is 11.6 Å². The van der Waals surface area contributed by atoms with Crippen LogP contribution in [0.15, 0.2) is 18.2 Å². The molecule has 1 amide bonds. The smallest absolute Gasteiger partial charge is 0.228 e. The Bertz CT molecular complexity index is 452. The quantitative estimate of drug-likeness (QED) is 0.886. The average molecular weight is 283 g/mol. The molecule has 19 heavy (non-hydrogen) atoms. The number of amides is 1. The highest BCUT2D eigenvalue weighted by molar-refractivity contribution is 6.31. The molecule has 0 aliphatic carbocycles. The number of hydrogen-bond donors (Lipinski definition) is 2. The monoisotopic (exact) mass is 282 g/mol. The zero-order valence-electron chi connectivity index (χ0n) is 12.1. The number of rotatable bonds is 4. The molecule has 3 nitrogen and oxygen atoms in total. The molecule has 1 aromatic rings. The van der Waals surface area contributed by atoms with Crippen molar-refractivity contribution in [2.45, 2.75) is 34.1 Å². The van der Waals surface area contributed by atoms with Crippen molar-refractivity contribution in [2.24, 2.45) is 17.1 Å². The van der Waals surface area contributed by atoms with Gasteiger partial charge in [0.15, 0.2) is 0 Å². The molecule has 106 valence electrons. The van der Waals surface area contributed by atoms with Crippen molar-refractivity contribution in [1.29, 1.82) is 0 Å². The van der Waals surface area contributed by atoms with Gasteiger partial charge in [-0.3, -0.25) is 4.79 Å². The maximum Gasteiger partial charge on any atom is 0.228 e. The van der Waals surface area contributed by atoms with Gasteiger partial charge in [-0.25, -0.2) is 0 Å². The minimum atomic E-state index is -0.180. The SMILES string of the molecule is Cc1ccc(NC(=O)C(CN)CC(C)(C)C)cc1Cl. The normalized spacial score (nSPS) is 13.2. The lowest BCUT2D eigenvalue weighted by atomic mass is 9.84. The second-order valence-electron chi connectivity index (χ2n) is 6.15. The van der Waals surface area contributed by atoms with Gasteiger partial charge in [-0.05, 0) is 36.5 Å². The summed E-state index contributed by atoms with van der Waals surface area (Å²) in [6.45, 7) is 8.59. The molecule has 0 saturated heterocycles. The van der Waals surface area contributed by atoms with Crippen molar-refractivity contribution in [3.63, 3.8) is 0 Å². The van der Waals surface area contributed by atoms with E-state index in [1.807, 2.05) is 19.1 Å². The zero-order chi connectivity index (χ0) is 14.6. The average Bonchev–Trinajstić information content (AvgIpc) is 2.29. The maximum absolute atomic E-state index is 12.2. The lowest BCUT2D eigenvalue weighted by Crippen LogP contribution is -2.32. The first-order chi connectivity index (χ1) is 8.73. The first kappa shape index (κ1) is 16.0. The Labute approximate surface area is 120 Å². The number of aryl methyl sites for hydroxylation is 1. The van der Waals surface area contributed by atoms with Crippen LogP contribution in [0.25, 0.3) is 0 Å². The highest BCUT2D eigenvalue weighted by atomic mass is 35.5. The van der Waals surface area contributed by atoms with Gasteiger partial charge in [0, 0.05) is 17.3 Å². The second kappa shape index (κ2) is 6.40. The number of nitrogens with one attached hydrogen (secondary N) is 1. The largest absolute Gasteiger partial charge is 0.330 e. The number of nitrogens with two attached hydrogens (primary N) is 1.